The van der Waals surface area contributed by atoms with Crippen LogP contribution in [-0.2, 0) is 0 Å². The molecule has 1 atom stereocenters. The van der Waals surface area contributed by atoms with Crippen molar-refractivity contribution in [3.8, 4) is 0 Å². The quantitative estimate of drug-likeness (QED) is 0.567. The van der Waals surface area contributed by atoms with E-state index in [1.807, 2.05) is 30.6 Å². The third kappa shape index (κ3) is 2.12. The van der Waals surface area contributed by atoms with Crippen molar-refractivity contribution in [1.29, 1.82) is 0 Å². The number of nitrogens with one attached hydrogen (secondary N) is 1. The van der Waals surface area contributed by atoms with Gasteiger partial charge in [0.25, 0.3) is 0 Å². The van der Waals surface area contributed by atoms with E-state index in [1.54, 1.807) is 17.5 Å². The van der Waals surface area contributed by atoms with Crippen LogP contribution in [0.1, 0.15) is 22.2 Å². The fourth-order valence-electron chi connectivity index (χ4n) is 2.27. The summed E-state index contributed by atoms with van der Waals surface area (Å²) in [7, 11) is 0. The van der Waals surface area contributed by atoms with Crippen LogP contribution < -0.4 is 11.3 Å². The minimum Gasteiger partial charge on any atom is -0.271 e. The normalized spacial score (nSPS) is 12.7. The molecule has 3 N–H and O–H groups in total. The Bertz CT molecular complexity index is 702. The minimum absolute atomic E-state index is 0.0552. The first-order valence-corrected chi connectivity index (χ1v) is 6.89. The molecule has 1 aromatic carbocycles. The largest absolute Gasteiger partial charge is 0.271 e. The first-order valence-electron chi connectivity index (χ1n) is 6.01. The highest BCUT2D eigenvalue weighted by molar-refractivity contribution is 7.09. The molecule has 0 spiro atoms. The smallest absolute Gasteiger partial charge is 0.0827 e. The van der Waals surface area contributed by atoms with Crippen molar-refractivity contribution in [2.45, 2.75) is 13.0 Å². The number of nitrogens with zero attached hydrogens (tertiary/aromatic N) is 2. The van der Waals surface area contributed by atoms with Gasteiger partial charge in [-0.1, -0.05) is 18.2 Å². The van der Waals surface area contributed by atoms with Gasteiger partial charge in [-0.3, -0.25) is 10.8 Å². The summed E-state index contributed by atoms with van der Waals surface area (Å²) < 4.78 is 0. The second kappa shape index (κ2) is 5.05. The van der Waals surface area contributed by atoms with Crippen LogP contribution in [0.3, 0.4) is 0 Å². The minimum atomic E-state index is -0.0552. The van der Waals surface area contributed by atoms with Gasteiger partial charge in [-0.2, -0.15) is 0 Å². The van der Waals surface area contributed by atoms with Crippen LogP contribution in [0.2, 0.25) is 0 Å². The molecule has 0 aliphatic heterocycles. The molecule has 19 heavy (non-hydrogen) atoms. The lowest BCUT2D eigenvalue weighted by atomic mass is 10.00. The Morgan fingerprint density at radius 3 is 2.84 bits per heavy atom. The maximum absolute atomic E-state index is 5.76. The average molecular weight is 270 g/mol. The van der Waals surface area contributed by atoms with Crippen molar-refractivity contribution in [3.05, 3.63) is 58.2 Å². The van der Waals surface area contributed by atoms with Crippen molar-refractivity contribution in [2.24, 2.45) is 5.84 Å². The number of hydrogen-bond acceptors (Lipinski definition) is 5. The Kier molecular flexibility index (Phi) is 3.25. The van der Waals surface area contributed by atoms with E-state index in [-0.39, 0.29) is 6.04 Å². The predicted molar refractivity (Wildman–Crippen MR) is 77.8 cm³/mol. The first-order chi connectivity index (χ1) is 9.31. The molecule has 0 amide bonds. The molecular formula is C14H14N4S. The van der Waals surface area contributed by atoms with Crippen LogP contribution in [0.4, 0.5) is 0 Å². The Morgan fingerprint density at radius 1 is 1.21 bits per heavy atom. The Balaban J connectivity index is 2.20. The van der Waals surface area contributed by atoms with E-state index >= 15 is 0 Å². The van der Waals surface area contributed by atoms with E-state index in [0.717, 1.165) is 27.0 Å². The fraction of sp³-hybridized carbons (Fsp3) is 0.143. The number of aromatic nitrogens is 2. The summed E-state index contributed by atoms with van der Waals surface area (Å²) in [6, 6.07) is 10.0. The zero-order valence-corrected chi connectivity index (χ0v) is 11.3. The van der Waals surface area contributed by atoms with Gasteiger partial charge in [0, 0.05) is 11.6 Å². The van der Waals surface area contributed by atoms with E-state index in [2.05, 4.69) is 27.5 Å². The number of rotatable bonds is 3. The molecule has 0 aliphatic carbocycles. The summed E-state index contributed by atoms with van der Waals surface area (Å²) in [5.41, 5.74) is 7.85. The molecule has 0 aliphatic rings. The average Bonchev–Trinajstić information content (AvgIpc) is 2.86. The van der Waals surface area contributed by atoms with Gasteiger partial charge in [-0.15, -0.1) is 11.3 Å². The SMILES string of the molecule is Cc1ncsc1C(NN)c1cccc2ncccc12. The summed E-state index contributed by atoms with van der Waals surface area (Å²) in [5, 5.41) is 1.11. The molecule has 1 unspecified atom stereocenters. The van der Waals surface area contributed by atoms with Crippen LogP contribution in [0, 0.1) is 6.92 Å². The highest BCUT2D eigenvalue weighted by atomic mass is 32.1. The highest BCUT2D eigenvalue weighted by Crippen LogP contribution is 2.31. The number of benzene rings is 1. The molecule has 2 aromatic heterocycles. The van der Waals surface area contributed by atoms with Crippen LogP contribution in [0.25, 0.3) is 10.9 Å². The van der Waals surface area contributed by atoms with E-state index < -0.39 is 0 Å². The molecule has 5 heteroatoms. The van der Waals surface area contributed by atoms with Gasteiger partial charge in [0.15, 0.2) is 0 Å². The van der Waals surface area contributed by atoms with Gasteiger partial charge in [0.2, 0.25) is 0 Å². The lowest BCUT2D eigenvalue weighted by Crippen LogP contribution is -2.28. The van der Waals surface area contributed by atoms with Crippen molar-refractivity contribution >= 4 is 22.2 Å². The van der Waals surface area contributed by atoms with Crippen LogP contribution >= 0.6 is 11.3 Å². The Labute approximate surface area is 115 Å². The topological polar surface area (TPSA) is 63.8 Å². The molecule has 0 radical (unpaired) electrons. The maximum atomic E-state index is 5.76. The number of nitrogens with two attached hydrogens (primary N) is 1. The Hall–Kier alpha value is -1.82. The van der Waals surface area contributed by atoms with Gasteiger partial charge in [-0.05, 0) is 24.6 Å². The molecule has 3 rings (SSSR count). The van der Waals surface area contributed by atoms with Gasteiger partial charge in [-0.25, -0.2) is 10.4 Å². The van der Waals surface area contributed by atoms with Crippen LogP contribution in [-0.4, -0.2) is 9.97 Å². The summed E-state index contributed by atoms with van der Waals surface area (Å²) in [4.78, 5) is 9.82. The molecule has 0 saturated heterocycles. The lowest BCUT2D eigenvalue weighted by molar-refractivity contribution is 0.646. The zero-order chi connectivity index (χ0) is 13.2. The number of pyridine rings is 1. The highest BCUT2D eigenvalue weighted by Gasteiger charge is 2.19. The van der Waals surface area contributed by atoms with E-state index in [4.69, 9.17) is 5.84 Å². The molecule has 0 saturated carbocycles. The maximum Gasteiger partial charge on any atom is 0.0827 e. The van der Waals surface area contributed by atoms with E-state index in [1.165, 1.54) is 0 Å². The molecular weight excluding hydrogens is 256 g/mol. The van der Waals surface area contributed by atoms with Crippen LogP contribution in [0.5, 0.6) is 0 Å². The first kappa shape index (κ1) is 12.2. The molecule has 4 nitrogen and oxygen atoms in total. The molecule has 96 valence electrons. The van der Waals surface area contributed by atoms with Gasteiger partial charge in [0.05, 0.1) is 27.6 Å². The second-order valence-electron chi connectivity index (χ2n) is 4.32. The van der Waals surface area contributed by atoms with E-state index in [9.17, 15) is 0 Å². The van der Waals surface area contributed by atoms with Crippen molar-refractivity contribution in [2.75, 3.05) is 0 Å². The number of hydrogen-bond donors (Lipinski definition) is 2. The summed E-state index contributed by atoms with van der Waals surface area (Å²) in [5.74, 6) is 5.76. The summed E-state index contributed by atoms with van der Waals surface area (Å²) in [6.45, 7) is 2.00. The monoisotopic (exact) mass is 270 g/mol. The van der Waals surface area contributed by atoms with Crippen molar-refractivity contribution < 1.29 is 0 Å². The van der Waals surface area contributed by atoms with Crippen LogP contribution in [0.15, 0.2) is 42.0 Å². The van der Waals surface area contributed by atoms with Crippen molar-refractivity contribution in [3.63, 3.8) is 0 Å². The third-order valence-electron chi connectivity index (χ3n) is 3.20. The van der Waals surface area contributed by atoms with E-state index in [0.29, 0.717) is 0 Å². The third-order valence-corrected chi connectivity index (χ3v) is 4.20. The standard InChI is InChI=1S/C14H14N4S/c1-9-14(19-8-17-9)13(18-15)11-4-2-6-12-10(11)5-3-7-16-12/h2-8,13,18H,15H2,1H3. The zero-order valence-electron chi connectivity index (χ0n) is 10.5. The predicted octanol–water partition coefficient (Wildman–Crippen LogP) is 2.55. The number of fused-ring (bicyclic) bond motifs is 1. The molecule has 2 heterocycles. The van der Waals surface area contributed by atoms with Gasteiger partial charge >= 0.3 is 0 Å². The second-order valence-corrected chi connectivity index (χ2v) is 5.21. The van der Waals surface area contributed by atoms with Crippen molar-refractivity contribution in [1.82, 2.24) is 15.4 Å². The van der Waals surface area contributed by atoms with Gasteiger partial charge < -0.3 is 0 Å². The number of thiazole rings is 1. The number of aryl methyl sites for hydroxylation is 1. The number of hydrazine groups is 1. The summed E-state index contributed by atoms with van der Waals surface area (Å²) >= 11 is 1.61. The fourth-order valence-corrected chi connectivity index (χ4v) is 3.15. The lowest BCUT2D eigenvalue weighted by Gasteiger charge is -2.17. The molecule has 0 fully saturated rings. The Morgan fingerprint density at radius 2 is 2.11 bits per heavy atom. The summed E-state index contributed by atoms with van der Waals surface area (Å²) in [6.07, 6.45) is 1.80. The molecule has 3 aromatic rings. The molecule has 0 bridgehead atoms. The van der Waals surface area contributed by atoms with Gasteiger partial charge in [0.1, 0.15) is 0 Å².